The van der Waals surface area contributed by atoms with Crippen LogP contribution in [-0.4, -0.2) is 27.9 Å². The Morgan fingerprint density at radius 2 is 1.73 bits per heavy atom. The van der Waals surface area contributed by atoms with Crippen molar-refractivity contribution in [3.05, 3.63) is 41.7 Å². The van der Waals surface area contributed by atoms with Crippen molar-refractivity contribution in [3.8, 4) is 5.69 Å². The molecule has 1 fully saturated rings. The average Bonchev–Trinajstić information content (AvgIpc) is 3.06. The molecule has 0 amide bonds. The van der Waals surface area contributed by atoms with Crippen LogP contribution in [0.5, 0.6) is 0 Å². The van der Waals surface area contributed by atoms with Gasteiger partial charge in [0, 0.05) is 20.1 Å². The molecule has 1 aromatic carbocycles. The topological polar surface area (TPSA) is 36.3 Å². The van der Waals surface area contributed by atoms with Crippen LogP contribution in [0.25, 0.3) is 5.69 Å². The van der Waals surface area contributed by atoms with Crippen molar-refractivity contribution in [2.45, 2.75) is 52.6 Å². The van der Waals surface area contributed by atoms with Gasteiger partial charge in [-0.3, -0.25) is 0 Å². The highest BCUT2D eigenvalue weighted by Crippen LogP contribution is 2.36. The van der Waals surface area contributed by atoms with E-state index in [1.807, 2.05) is 0 Å². The molecule has 116 valence electrons. The van der Waals surface area contributed by atoms with Gasteiger partial charge in [-0.05, 0) is 53.5 Å². The van der Waals surface area contributed by atoms with Gasteiger partial charge in [0.25, 0.3) is 0 Å². The van der Waals surface area contributed by atoms with Gasteiger partial charge in [-0.1, -0.05) is 17.6 Å². The first-order valence-electron chi connectivity index (χ1n) is 12.3. The summed E-state index contributed by atoms with van der Waals surface area (Å²) in [5, 5.41) is 0. The van der Waals surface area contributed by atoms with Gasteiger partial charge in [-0.2, -0.15) is 0 Å². The van der Waals surface area contributed by atoms with E-state index in [9.17, 15) is 0 Å². The molecule has 0 N–H and O–H groups in total. The van der Waals surface area contributed by atoms with Gasteiger partial charge in [0.05, 0.1) is 23.6 Å². The summed E-state index contributed by atoms with van der Waals surface area (Å²) in [6, 6.07) is -3.32. The number of hydrogen-bond acceptors (Lipinski definition) is 3. The number of benzene rings is 1. The van der Waals surface area contributed by atoms with Gasteiger partial charge in [-0.15, -0.1) is 0 Å². The fourth-order valence-corrected chi connectivity index (χ4v) is 2.00. The Balaban J connectivity index is 2.34. The van der Waals surface area contributed by atoms with E-state index in [0.717, 1.165) is 0 Å². The van der Waals surface area contributed by atoms with Crippen LogP contribution < -0.4 is 5.59 Å². The fraction of sp³-hybridized carbons (Fsp3) is 0.471. The van der Waals surface area contributed by atoms with E-state index in [1.54, 1.807) is 27.7 Å². The van der Waals surface area contributed by atoms with E-state index in [-0.39, 0.29) is 5.59 Å². The highest BCUT2D eigenvalue weighted by Gasteiger charge is 2.52. The number of aryl methyl sites for hydroxylation is 1. The molecule has 0 radical (unpaired) electrons. The Morgan fingerprint density at radius 3 is 2.27 bits per heavy atom. The van der Waals surface area contributed by atoms with Crippen molar-refractivity contribution in [3.63, 3.8) is 0 Å². The summed E-state index contributed by atoms with van der Waals surface area (Å²) in [4.78, 5) is 4.05. The molecule has 5 heteroatoms. The van der Waals surface area contributed by atoms with Crippen molar-refractivity contribution in [1.82, 2.24) is 9.55 Å². The molecule has 3 rings (SSSR count). The smallest absolute Gasteiger partial charge is 0.398 e. The molecule has 0 unspecified atom stereocenters. The van der Waals surface area contributed by atoms with Crippen LogP contribution in [0.4, 0.5) is 0 Å². The first kappa shape index (κ1) is 6.89. The Hall–Kier alpha value is -1.59. The first-order chi connectivity index (χ1) is 14.7. The normalized spacial score (nSPS) is 28.0. The number of imidazole rings is 1. The Labute approximate surface area is 148 Å². The molecule has 1 aliphatic rings. The standard InChI is InChI=1S/C17H23BN2O2/c1-12-7-9-14(10-8-12)20-11-15(19-13(20)2)18-21-16(3,4)17(5,6)22-18/h7-11H,1-6H3/i1D3,2D3,7D,8D,9D,10D,11D. The van der Waals surface area contributed by atoms with Gasteiger partial charge >= 0.3 is 7.12 Å². The minimum absolute atomic E-state index is 0.212. The molecular formula is C17H23BN2O2. The van der Waals surface area contributed by atoms with Gasteiger partial charge < -0.3 is 13.9 Å². The van der Waals surface area contributed by atoms with Gasteiger partial charge in [-0.25, -0.2) is 4.98 Å². The van der Waals surface area contributed by atoms with Crippen LogP contribution in [0.1, 0.15) is 54.2 Å². The molecule has 0 bridgehead atoms. The molecule has 4 nitrogen and oxygen atoms in total. The highest BCUT2D eigenvalue weighted by atomic mass is 16.7. The molecule has 0 aliphatic carbocycles. The SMILES string of the molecule is [2H]c1c([2H])c(C([2H])([2H])[2H])c([2H])c([2H])c1-n1c(C([2H])([2H])[2H])nc(B2OC(C)(C)C(C)(C)O2)c1[2H]. The van der Waals surface area contributed by atoms with Crippen LogP contribution in [0.15, 0.2) is 30.3 Å². The highest BCUT2D eigenvalue weighted by molar-refractivity contribution is 6.61. The molecule has 22 heavy (non-hydrogen) atoms. The largest absolute Gasteiger partial charge is 0.516 e. The minimum atomic E-state index is -2.93. The van der Waals surface area contributed by atoms with Crippen molar-refractivity contribution >= 4 is 12.7 Å². The van der Waals surface area contributed by atoms with Crippen LogP contribution in [0, 0.1) is 13.7 Å². The second-order valence-electron chi connectivity index (χ2n) is 6.08. The zero-order chi connectivity index (χ0) is 25.5. The number of nitrogens with zero attached hydrogens (tertiary/aromatic N) is 2. The average molecular weight is 309 g/mol. The number of aromatic nitrogens is 2. The lowest BCUT2D eigenvalue weighted by atomic mass is 9.86. The lowest BCUT2D eigenvalue weighted by molar-refractivity contribution is 0.00578. The first-order valence-corrected chi connectivity index (χ1v) is 6.79. The van der Waals surface area contributed by atoms with Gasteiger partial charge in [0.1, 0.15) is 5.82 Å². The maximum atomic E-state index is 8.61. The fourth-order valence-electron chi connectivity index (χ4n) is 2.00. The predicted octanol–water partition coefficient (Wildman–Crippen LogP) is 2.79. The van der Waals surface area contributed by atoms with Crippen molar-refractivity contribution in [2.75, 3.05) is 0 Å². The summed E-state index contributed by atoms with van der Waals surface area (Å²) in [7, 11) is -1.22. The third kappa shape index (κ3) is 2.48. The van der Waals surface area contributed by atoms with E-state index < -0.39 is 79.4 Å². The molecule has 0 spiro atoms. The molecule has 0 atom stereocenters. The monoisotopic (exact) mass is 309 g/mol. The summed E-state index contributed by atoms with van der Waals surface area (Å²) in [6.07, 6.45) is -0.568. The van der Waals surface area contributed by atoms with Crippen molar-refractivity contribution in [2.24, 2.45) is 0 Å². The van der Waals surface area contributed by atoms with Crippen LogP contribution in [-0.2, 0) is 9.31 Å². The van der Waals surface area contributed by atoms with Gasteiger partial charge in [0.2, 0.25) is 0 Å². The minimum Gasteiger partial charge on any atom is -0.398 e. The maximum Gasteiger partial charge on any atom is 0.516 e. The molecule has 0 saturated carbocycles. The second kappa shape index (κ2) is 4.96. The van der Waals surface area contributed by atoms with Crippen LogP contribution in [0.3, 0.4) is 0 Å². The van der Waals surface area contributed by atoms with Crippen LogP contribution >= 0.6 is 0 Å². The lowest BCUT2D eigenvalue weighted by Gasteiger charge is -2.32. The Bertz CT molecular complexity index is 1080. The summed E-state index contributed by atoms with van der Waals surface area (Å²) in [6.45, 7) is 1.19. The van der Waals surface area contributed by atoms with E-state index in [1.165, 1.54) is 0 Å². The summed E-state index contributed by atoms with van der Waals surface area (Å²) < 4.78 is 100. The quantitative estimate of drug-likeness (QED) is 0.800. The van der Waals surface area contributed by atoms with E-state index in [2.05, 4.69) is 4.98 Å². The molecule has 1 aliphatic heterocycles. The van der Waals surface area contributed by atoms with Gasteiger partial charge in [0.15, 0.2) is 0 Å². The molecule has 1 saturated heterocycles. The van der Waals surface area contributed by atoms with E-state index in [0.29, 0.717) is 4.57 Å². The molecule has 2 heterocycles. The second-order valence-corrected chi connectivity index (χ2v) is 6.08. The lowest BCUT2D eigenvalue weighted by Crippen LogP contribution is -2.41. The van der Waals surface area contributed by atoms with Crippen molar-refractivity contribution < 1.29 is 24.4 Å². The molecular weight excluding hydrogens is 275 g/mol. The van der Waals surface area contributed by atoms with E-state index >= 15 is 0 Å². The predicted molar refractivity (Wildman–Crippen MR) is 88.8 cm³/mol. The summed E-state index contributed by atoms with van der Waals surface area (Å²) in [5.74, 6) is -0.695. The third-order valence-electron chi connectivity index (χ3n) is 3.98. The number of hydrogen-bond donors (Lipinski definition) is 0. The number of rotatable bonds is 2. The summed E-state index contributed by atoms with van der Waals surface area (Å²) >= 11 is 0. The Morgan fingerprint density at radius 1 is 1.09 bits per heavy atom. The Kier molecular flexibility index (Phi) is 1.56. The molecule has 2 aromatic rings. The third-order valence-corrected chi connectivity index (χ3v) is 3.98. The van der Waals surface area contributed by atoms with Crippen molar-refractivity contribution in [1.29, 1.82) is 0 Å². The molecule has 1 aromatic heterocycles. The zero-order valence-electron chi connectivity index (χ0n) is 23.8. The maximum absolute atomic E-state index is 8.61. The summed E-state index contributed by atoms with van der Waals surface area (Å²) in [5.41, 5.74) is -3.24. The van der Waals surface area contributed by atoms with E-state index in [4.69, 9.17) is 24.4 Å². The van der Waals surface area contributed by atoms with Crippen LogP contribution in [0.2, 0.25) is 0 Å². The zero-order valence-corrected chi connectivity index (χ0v) is 12.8.